The Morgan fingerprint density at radius 2 is 2.60 bits per heavy atom. The molecule has 0 fully saturated rings. The summed E-state index contributed by atoms with van der Waals surface area (Å²) in [6, 6.07) is 0. The number of carbonyl (C=O) groups excluding carboxylic acids is 1. The molecule has 0 radical (unpaired) electrons. The van der Waals surface area contributed by atoms with E-state index in [4.69, 9.17) is 0 Å². The maximum absolute atomic E-state index is 9.86. The van der Waals surface area contributed by atoms with Crippen molar-refractivity contribution in [2.24, 2.45) is 0 Å². The van der Waals surface area contributed by atoms with Crippen molar-refractivity contribution in [1.29, 1.82) is 0 Å². The molecule has 0 aliphatic rings. The number of hydrogen-bond acceptors (Lipinski definition) is 4. The van der Waals surface area contributed by atoms with E-state index in [-0.39, 0.29) is 0 Å². The molecule has 0 saturated carbocycles. The third-order valence-electron chi connectivity index (χ3n) is 1.09. The molecule has 0 atom stereocenters. The summed E-state index contributed by atoms with van der Waals surface area (Å²) in [5.74, 6) is 0. The standard InChI is InChI=1S/C5H7N3OS/c1-4-5(2-6-3-9)10-8-7-4/h3H,2H2,1H3,(H,6,9). The lowest BCUT2D eigenvalue weighted by Crippen LogP contribution is -2.09. The molecule has 1 amide bonds. The quantitative estimate of drug-likeness (QED) is 0.633. The van der Waals surface area contributed by atoms with Gasteiger partial charge in [-0.3, -0.25) is 4.79 Å². The van der Waals surface area contributed by atoms with Gasteiger partial charge in [-0.2, -0.15) is 0 Å². The van der Waals surface area contributed by atoms with Crippen LogP contribution in [0.15, 0.2) is 0 Å². The first-order chi connectivity index (χ1) is 4.84. The van der Waals surface area contributed by atoms with E-state index in [1.54, 1.807) is 0 Å². The van der Waals surface area contributed by atoms with Gasteiger partial charge in [0.05, 0.1) is 17.1 Å². The van der Waals surface area contributed by atoms with Gasteiger partial charge in [0.2, 0.25) is 6.41 Å². The highest BCUT2D eigenvalue weighted by molar-refractivity contribution is 7.05. The molecule has 5 heteroatoms. The molecule has 0 aliphatic carbocycles. The van der Waals surface area contributed by atoms with Crippen molar-refractivity contribution in [2.75, 3.05) is 0 Å². The minimum Gasteiger partial charge on any atom is -0.354 e. The van der Waals surface area contributed by atoms with Crippen LogP contribution >= 0.6 is 11.5 Å². The molecule has 4 nitrogen and oxygen atoms in total. The Morgan fingerprint density at radius 1 is 1.80 bits per heavy atom. The summed E-state index contributed by atoms with van der Waals surface area (Å²) in [4.78, 5) is 10.9. The predicted molar refractivity (Wildman–Crippen MR) is 37.5 cm³/mol. The van der Waals surface area contributed by atoms with Gasteiger partial charge < -0.3 is 5.32 Å². The zero-order valence-electron chi connectivity index (χ0n) is 5.50. The number of aryl methyl sites for hydroxylation is 1. The molecule has 0 saturated heterocycles. The van der Waals surface area contributed by atoms with Crippen molar-refractivity contribution in [3.63, 3.8) is 0 Å². The second-order valence-corrected chi connectivity index (χ2v) is 2.62. The number of nitrogens with one attached hydrogen (secondary N) is 1. The summed E-state index contributed by atoms with van der Waals surface area (Å²) < 4.78 is 3.71. The van der Waals surface area contributed by atoms with Crippen LogP contribution < -0.4 is 5.32 Å². The molecule has 1 aromatic heterocycles. The SMILES string of the molecule is Cc1nnsc1CNC=O. The van der Waals surface area contributed by atoms with Crippen LogP contribution in [0.2, 0.25) is 0 Å². The number of nitrogens with zero attached hydrogens (tertiary/aromatic N) is 2. The number of amides is 1. The Balaban J connectivity index is 2.56. The molecule has 1 aromatic rings. The predicted octanol–water partition coefficient (Wildman–Crippen LogP) is 0.0925. The van der Waals surface area contributed by atoms with Gasteiger partial charge in [-0.1, -0.05) is 4.49 Å². The summed E-state index contributed by atoms with van der Waals surface area (Å²) in [6.07, 6.45) is 0.666. The van der Waals surface area contributed by atoms with E-state index in [2.05, 4.69) is 14.9 Å². The Morgan fingerprint density at radius 3 is 3.10 bits per heavy atom. The zero-order valence-corrected chi connectivity index (χ0v) is 6.31. The van der Waals surface area contributed by atoms with Crippen molar-refractivity contribution < 1.29 is 4.79 Å². The second kappa shape index (κ2) is 3.26. The van der Waals surface area contributed by atoms with Crippen LogP contribution in [0, 0.1) is 6.92 Å². The molecule has 0 aliphatic heterocycles. The lowest BCUT2D eigenvalue weighted by Gasteiger charge is -1.92. The molecule has 1 rings (SSSR count). The van der Waals surface area contributed by atoms with E-state index >= 15 is 0 Å². The van der Waals surface area contributed by atoms with Crippen molar-refractivity contribution in [3.05, 3.63) is 10.6 Å². The lowest BCUT2D eigenvalue weighted by molar-refractivity contribution is -0.109. The van der Waals surface area contributed by atoms with E-state index in [9.17, 15) is 4.79 Å². The van der Waals surface area contributed by atoms with Crippen molar-refractivity contribution >= 4 is 17.9 Å². The molecule has 0 unspecified atom stereocenters. The smallest absolute Gasteiger partial charge is 0.207 e. The van der Waals surface area contributed by atoms with Crippen LogP contribution in [-0.2, 0) is 11.3 Å². The van der Waals surface area contributed by atoms with Gasteiger partial charge in [-0.15, -0.1) is 5.10 Å². The van der Waals surface area contributed by atoms with Gasteiger partial charge in [0.15, 0.2) is 0 Å². The van der Waals surface area contributed by atoms with E-state index in [1.165, 1.54) is 11.5 Å². The molecule has 0 spiro atoms. The lowest BCUT2D eigenvalue weighted by atomic mass is 10.4. The third-order valence-corrected chi connectivity index (χ3v) is 1.91. The van der Waals surface area contributed by atoms with Gasteiger partial charge in [0.25, 0.3) is 0 Å². The monoisotopic (exact) mass is 157 g/mol. The topological polar surface area (TPSA) is 54.9 Å². The van der Waals surface area contributed by atoms with Gasteiger partial charge >= 0.3 is 0 Å². The summed E-state index contributed by atoms with van der Waals surface area (Å²) in [7, 11) is 0. The highest BCUT2D eigenvalue weighted by Crippen LogP contribution is 2.07. The Hall–Kier alpha value is -0.970. The molecule has 1 N–H and O–H groups in total. The van der Waals surface area contributed by atoms with Crippen LogP contribution in [0.3, 0.4) is 0 Å². The molecule has 54 valence electrons. The summed E-state index contributed by atoms with van der Waals surface area (Å²) in [5, 5.41) is 6.32. The minimum atomic E-state index is 0.535. The normalized spacial score (nSPS) is 9.30. The number of hydrogen-bond donors (Lipinski definition) is 1. The van der Waals surface area contributed by atoms with Crippen LogP contribution in [0.25, 0.3) is 0 Å². The number of aromatic nitrogens is 2. The van der Waals surface area contributed by atoms with Crippen molar-refractivity contribution in [2.45, 2.75) is 13.5 Å². The Bertz CT molecular complexity index is 222. The first kappa shape index (κ1) is 7.14. The minimum absolute atomic E-state index is 0.535. The Kier molecular flexibility index (Phi) is 2.33. The maximum Gasteiger partial charge on any atom is 0.207 e. The van der Waals surface area contributed by atoms with Crippen LogP contribution in [-0.4, -0.2) is 16.0 Å². The number of carbonyl (C=O) groups is 1. The first-order valence-corrected chi connectivity index (χ1v) is 3.57. The van der Waals surface area contributed by atoms with E-state index in [1.807, 2.05) is 6.92 Å². The second-order valence-electron chi connectivity index (χ2n) is 1.78. The molecule has 0 aromatic carbocycles. The van der Waals surface area contributed by atoms with Crippen LogP contribution in [0.5, 0.6) is 0 Å². The van der Waals surface area contributed by atoms with Crippen LogP contribution in [0.1, 0.15) is 10.6 Å². The van der Waals surface area contributed by atoms with Gasteiger partial charge in [0, 0.05) is 0 Å². The molecule has 0 bridgehead atoms. The van der Waals surface area contributed by atoms with Crippen molar-refractivity contribution in [1.82, 2.24) is 14.9 Å². The summed E-state index contributed by atoms with van der Waals surface area (Å²) in [5.41, 5.74) is 0.888. The van der Waals surface area contributed by atoms with Crippen LogP contribution in [0.4, 0.5) is 0 Å². The summed E-state index contributed by atoms with van der Waals surface area (Å²) >= 11 is 1.31. The number of rotatable bonds is 3. The average Bonchev–Trinajstić information content (AvgIpc) is 2.31. The van der Waals surface area contributed by atoms with E-state index in [0.29, 0.717) is 13.0 Å². The highest BCUT2D eigenvalue weighted by Gasteiger charge is 1.99. The van der Waals surface area contributed by atoms with Gasteiger partial charge in [-0.25, -0.2) is 0 Å². The molecular weight excluding hydrogens is 150 g/mol. The van der Waals surface area contributed by atoms with E-state index < -0.39 is 0 Å². The largest absolute Gasteiger partial charge is 0.354 e. The fraction of sp³-hybridized carbons (Fsp3) is 0.400. The molecule has 1 heterocycles. The van der Waals surface area contributed by atoms with Gasteiger partial charge in [0.1, 0.15) is 0 Å². The van der Waals surface area contributed by atoms with E-state index in [0.717, 1.165) is 10.6 Å². The highest BCUT2D eigenvalue weighted by atomic mass is 32.1. The van der Waals surface area contributed by atoms with Crippen molar-refractivity contribution in [3.8, 4) is 0 Å². The first-order valence-electron chi connectivity index (χ1n) is 2.79. The summed E-state index contributed by atoms with van der Waals surface area (Å²) in [6.45, 7) is 2.40. The fourth-order valence-corrected chi connectivity index (χ4v) is 1.13. The molecule has 10 heavy (non-hydrogen) atoms. The Labute approximate surface area is 62.4 Å². The van der Waals surface area contributed by atoms with Gasteiger partial charge in [-0.05, 0) is 18.5 Å². The fourth-order valence-electron chi connectivity index (χ4n) is 0.547. The third kappa shape index (κ3) is 1.51. The maximum atomic E-state index is 9.86. The molecular formula is C5H7N3OS. The zero-order chi connectivity index (χ0) is 7.40. The average molecular weight is 157 g/mol.